The molecule has 0 aliphatic heterocycles. The number of hydrogen-bond donors (Lipinski definition) is 2. The second-order valence-electron chi connectivity index (χ2n) is 7.55. The molecule has 0 atom stereocenters. The molecule has 0 bridgehead atoms. The average molecular weight is 431 g/mol. The maximum atomic E-state index is 13.4. The number of para-hydroxylation sites is 2. The minimum Gasteiger partial charge on any atom is -0.443 e. The summed E-state index contributed by atoms with van der Waals surface area (Å²) in [5.41, 5.74) is 5.27. The van der Waals surface area contributed by atoms with Gasteiger partial charge in [-0.3, -0.25) is 10.1 Å². The molecule has 0 unspecified atom stereocenters. The number of H-pyrrole nitrogens is 1. The Hall–Kier alpha value is -4.78. The largest absolute Gasteiger partial charge is 0.443 e. The SMILES string of the molecule is O=C(Nc1nc2ccccc2[nH]1)c1cc(-c2ncco2)nc2ccc(-c3ccccc3)cc12. The van der Waals surface area contributed by atoms with Gasteiger partial charge in [-0.2, -0.15) is 0 Å². The second-order valence-corrected chi connectivity index (χ2v) is 7.55. The highest BCUT2D eigenvalue weighted by molar-refractivity contribution is 6.13. The lowest BCUT2D eigenvalue weighted by molar-refractivity contribution is 0.102. The van der Waals surface area contributed by atoms with E-state index in [0.717, 1.165) is 27.5 Å². The first kappa shape index (κ1) is 18.9. The van der Waals surface area contributed by atoms with Crippen molar-refractivity contribution < 1.29 is 9.21 Å². The molecule has 6 aromatic rings. The quantitative estimate of drug-likeness (QED) is 0.374. The Morgan fingerprint density at radius 2 is 1.70 bits per heavy atom. The van der Waals surface area contributed by atoms with Crippen molar-refractivity contribution in [3.05, 3.63) is 96.9 Å². The molecule has 3 aromatic carbocycles. The van der Waals surface area contributed by atoms with Crippen LogP contribution in [0.1, 0.15) is 10.4 Å². The molecule has 3 heterocycles. The molecular formula is C26H17N5O2. The Bertz CT molecular complexity index is 1570. The van der Waals surface area contributed by atoms with E-state index >= 15 is 0 Å². The predicted molar refractivity (Wildman–Crippen MR) is 127 cm³/mol. The Morgan fingerprint density at radius 3 is 2.52 bits per heavy atom. The van der Waals surface area contributed by atoms with E-state index in [0.29, 0.717) is 28.6 Å². The Labute approximate surface area is 188 Å². The summed E-state index contributed by atoms with van der Waals surface area (Å²) in [5, 5.41) is 3.61. The number of imidazole rings is 1. The van der Waals surface area contributed by atoms with E-state index in [1.165, 1.54) is 6.26 Å². The van der Waals surface area contributed by atoms with E-state index in [-0.39, 0.29) is 5.91 Å². The number of pyridine rings is 1. The fraction of sp³-hybridized carbons (Fsp3) is 0. The molecule has 0 aliphatic carbocycles. The lowest BCUT2D eigenvalue weighted by Gasteiger charge is -2.10. The number of hydrogen-bond acceptors (Lipinski definition) is 5. The molecule has 158 valence electrons. The first-order valence-corrected chi connectivity index (χ1v) is 10.4. The standard InChI is InChI=1S/C26H17N5O2/c32-24(31-26-29-21-8-4-5-9-22(21)30-26)19-15-23(25-27-12-13-33-25)28-20-11-10-17(14-18(19)20)16-6-2-1-3-7-16/h1-15H,(H2,29,30,31,32). The van der Waals surface area contributed by atoms with Crippen LogP contribution in [0.25, 0.3) is 44.6 Å². The van der Waals surface area contributed by atoms with Crippen molar-refractivity contribution in [1.29, 1.82) is 0 Å². The molecule has 0 saturated heterocycles. The maximum absolute atomic E-state index is 13.4. The third-order valence-electron chi connectivity index (χ3n) is 5.43. The number of anilines is 1. The van der Waals surface area contributed by atoms with Crippen LogP contribution in [0.3, 0.4) is 0 Å². The number of carbonyl (C=O) groups excluding carboxylic acids is 1. The molecule has 3 aromatic heterocycles. The van der Waals surface area contributed by atoms with E-state index < -0.39 is 0 Å². The van der Waals surface area contributed by atoms with Gasteiger partial charge in [0.2, 0.25) is 11.8 Å². The number of rotatable bonds is 4. The van der Waals surface area contributed by atoms with Crippen molar-refractivity contribution in [2.75, 3.05) is 5.32 Å². The molecule has 0 radical (unpaired) electrons. The van der Waals surface area contributed by atoms with Gasteiger partial charge < -0.3 is 9.40 Å². The average Bonchev–Trinajstić information content (AvgIpc) is 3.53. The highest BCUT2D eigenvalue weighted by Crippen LogP contribution is 2.29. The smallest absolute Gasteiger partial charge is 0.258 e. The summed E-state index contributed by atoms with van der Waals surface area (Å²) in [5.74, 6) is 0.421. The summed E-state index contributed by atoms with van der Waals surface area (Å²) in [6.45, 7) is 0. The van der Waals surface area contributed by atoms with Gasteiger partial charge in [-0.05, 0) is 41.5 Å². The minimum atomic E-state index is -0.306. The molecule has 0 aliphatic rings. The second kappa shape index (κ2) is 7.72. The van der Waals surface area contributed by atoms with Gasteiger partial charge in [0.25, 0.3) is 5.91 Å². The van der Waals surface area contributed by atoms with Crippen molar-refractivity contribution in [1.82, 2.24) is 19.9 Å². The van der Waals surface area contributed by atoms with Gasteiger partial charge in [0, 0.05) is 5.39 Å². The van der Waals surface area contributed by atoms with Crippen LogP contribution < -0.4 is 5.32 Å². The van der Waals surface area contributed by atoms with Crippen LogP contribution in [0.2, 0.25) is 0 Å². The summed E-state index contributed by atoms with van der Waals surface area (Å²) in [6.07, 6.45) is 3.03. The fourth-order valence-electron chi connectivity index (χ4n) is 3.87. The van der Waals surface area contributed by atoms with Crippen molar-refractivity contribution in [2.24, 2.45) is 0 Å². The van der Waals surface area contributed by atoms with Gasteiger partial charge in [0.15, 0.2) is 0 Å². The first-order valence-electron chi connectivity index (χ1n) is 10.4. The Morgan fingerprint density at radius 1 is 0.848 bits per heavy atom. The fourth-order valence-corrected chi connectivity index (χ4v) is 3.87. The molecule has 1 amide bonds. The minimum absolute atomic E-state index is 0.306. The third-order valence-corrected chi connectivity index (χ3v) is 5.43. The Balaban J connectivity index is 1.48. The number of fused-ring (bicyclic) bond motifs is 2. The number of nitrogens with zero attached hydrogens (tertiary/aromatic N) is 3. The van der Waals surface area contributed by atoms with Crippen molar-refractivity contribution in [3.63, 3.8) is 0 Å². The summed E-state index contributed by atoms with van der Waals surface area (Å²) < 4.78 is 5.43. The van der Waals surface area contributed by atoms with Crippen molar-refractivity contribution >= 4 is 33.8 Å². The van der Waals surface area contributed by atoms with Crippen LogP contribution in [0.15, 0.2) is 95.7 Å². The number of amides is 1. The van der Waals surface area contributed by atoms with Crippen molar-refractivity contribution in [2.45, 2.75) is 0 Å². The molecule has 33 heavy (non-hydrogen) atoms. The summed E-state index contributed by atoms with van der Waals surface area (Å²) in [4.78, 5) is 29.9. The maximum Gasteiger partial charge on any atom is 0.258 e. The number of aromatic nitrogens is 4. The van der Waals surface area contributed by atoms with Crippen LogP contribution in [0.4, 0.5) is 5.95 Å². The summed E-state index contributed by atoms with van der Waals surface area (Å²) >= 11 is 0. The molecule has 0 saturated carbocycles. The van der Waals surface area contributed by atoms with Gasteiger partial charge >= 0.3 is 0 Å². The highest BCUT2D eigenvalue weighted by atomic mass is 16.3. The number of carbonyl (C=O) groups is 1. The molecule has 0 spiro atoms. The van der Waals surface area contributed by atoms with Gasteiger partial charge in [0.05, 0.1) is 28.3 Å². The number of benzene rings is 3. The highest BCUT2D eigenvalue weighted by Gasteiger charge is 2.18. The molecule has 0 fully saturated rings. The normalized spacial score (nSPS) is 11.2. The summed E-state index contributed by atoms with van der Waals surface area (Å²) in [7, 11) is 0. The van der Waals surface area contributed by atoms with E-state index in [4.69, 9.17) is 4.42 Å². The first-order chi connectivity index (χ1) is 16.2. The number of nitrogens with one attached hydrogen (secondary N) is 2. The van der Waals surface area contributed by atoms with Gasteiger partial charge in [-0.1, -0.05) is 48.5 Å². The lowest BCUT2D eigenvalue weighted by atomic mass is 10.00. The molecular weight excluding hydrogens is 414 g/mol. The van der Waals surface area contributed by atoms with Crippen LogP contribution in [-0.2, 0) is 0 Å². The summed E-state index contributed by atoms with van der Waals surface area (Å²) in [6, 6.07) is 25.2. The topological polar surface area (TPSA) is 96.7 Å². The van der Waals surface area contributed by atoms with Gasteiger partial charge in [-0.15, -0.1) is 0 Å². The van der Waals surface area contributed by atoms with E-state index in [1.807, 2.05) is 72.8 Å². The Kier molecular flexibility index (Phi) is 4.43. The van der Waals surface area contributed by atoms with E-state index in [2.05, 4.69) is 25.3 Å². The van der Waals surface area contributed by atoms with Crippen LogP contribution in [0, 0.1) is 0 Å². The third kappa shape index (κ3) is 3.51. The van der Waals surface area contributed by atoms with Crippen molar-refractivity contribution in [3.8, 4) is 22.7 Å². The van der Waals surface area contributed by atoms with E-state index in [1.54, 1.807) is 12.3 Å². The molecule has 2 N–H and O–H groups in total. The monoisotopic (exact) mass is 431 g/mol. The number of oxazole rings is 1. The zero-order valence-corrected chi connectivity index (χ0v) is 17.3. The van der Waals surface area contributed by atoms with Crippen LogP contribution in [-0.4, -0.2) is 25.8 Å². The van der Waals surface area contributed by atoms with Gasteiger partial charge in [0.1, 0.15) is 12.0 Å². The van der Waals surface area contributed by atoms with Crippen LogP contribution >= 0.6 is 0 Å². The van der Waals surface area contributed by atoms with E-state index in [9.17, 15) is 4.79 Å². The number of aromatic amines is 1. The molecule has 6 rings (SSSR count). The van der Waals surface area contributed by atoms with Gasteiger partial charge in [-0.25, -0.2) is 15.0 Å². The predicted octanol–water partition coefficient (Wildman–Crippen LogP) is 5.69. The molecule has 7 nitrogen and oxygen atoms in total. The zero-order chi connectivity index (χ0) is 22.2. The lowest BCUT2D eigenvalue weighted by Crippen LogP contribution is -2.14. The zero-order valence-electron chi connectivity index (χ0n) is 17.3. The van der Waals surface area contributed by atoms with Crippen LogP contribution in [0.5, 0.6) is 0 Å². The molecule has 7 heteroatoms.